The Balaban J connectivity index is 2.53. The Morgan fingerprint density at radius 3 is 1.45 bits per heavy atom. The second-order valence-electron chi connectivity index (χ2n) is 5.38. The molecule has 0 fully saturated rings. The highest BCUT2D eigenvalue weighted by Crippen LogP contribution is 2.45. The molecular formula is C17H21O2P. The molecule has 2 rings (SSSR count). The zero-order chi connectivity index (χ0) is 14.8. The van der Waals surface area contributed by atoms with E-state index in [9.17, 15) is 4.57 Å². The van der Waals surface area contributed by atoms with Crippen LogP contribution in [-0.2, 0) is 9.09 Å². The van der Waals surface area contributed by atoms with E-state index in [2.05, 4.69) is 0 Å². The Morgan fingerprint density at radius 1 is 0.800 bits per heavy atom. The van der Waals surface area contributed by atoms with Crippen molar-refractivity contribution in [1.82, 2.24) is 0 Å². The second-order valence-corrected chi connectivity index (χ2v) is 7.72. The first-order valence-electron chi connectivity index (χ1n) is 6.85. The van der Waals surface area contributed by atoms with Gasteiger partial charge in [-0.15, -0.1) is 0 Å². The summed E-state index contributed by atoms with van der Waals surface area (Å²) in [6.07, 6.45) is -0.0940. The molecule has 0 atom stereocenters. The van der Waals surface area contributed by atoms with Crippen molar-refractivity contribution in [1.29, 1.82) is 0 Å². The third-order valence-electron chi connectivity index (χ3n) is 3.11. The molecule has 0 radical (unpaired) electrons. The van der Waals surface area contributed by atoms with Crippen molar-refractivity contribution in [3.05, 3.63) is 59.7 Å². The van der Waals surface area contributed by atoms with Gasteiger partial charge in [0.25, 0.3) is 7.37 Å². The SMILES string of the molecule is Cc1ccc(P(=O)(OC(C)C)c2ccc(C)cc2)cc1. The number of hydrogen-bond acceptors (Lipinski definition) is 2. The van der Waals surface area contributed by atoms with Crippen LogP contribution in [0.1, 0.15) is 25.0 Å². The van der Waals surface area contributed by atoms with Crippen LogP contribution in [-0.4, -0.2) is 6.10 Å². The first-order valence-corrected chi connectivity index (χ1v) is 8.47. The summed E-state index contributed by atoms with van der Waals surface area (Å²) in [6, 6.07) is 15.5. The molecule has 0 aromatic heterocycles. The molecular weight excluding hydrogens is 267 g/mol. The van der Waals surface area contributed by atoms with Crippen molar-refractivity contribution in [2.75, 3.05) is 0 Å². The van der Waals surface area contributed by atoms with Gasteiger partial charge in [-0.1, -0.05) is 35.4 Å². The number of rotatable bonds is 4. The lowest BCUT2D eigenvalue weighted by Gasteiger charge is -2.22. The van der Waals surface area contributed by atoms with Crippen LogP contribution in [0.3, 0.4) is 0 Å². The Bertz CT molecular complexity index is 563. The average molecular weight is 288 g/mol. The summed E-state index contributed by atoms with van der Waals surface area (Å²) < 4.78 is 19.3. The lowest BCUT2D eigenvalue weighted by molar-refractivity contribution is 0.254. The van der Waals surface area contributed by atoms with Gasteiger partial charge in [0.1, 0.15) is 0 Å². The zero-order valence-electron chi connectivity index (χ0n) is 12.5. The van der Waals surface area contributed by atoms with E-state index >= 15 is 0 Å². The smallest absolute Gasteiger partial charge is 0.261 e. The van der Waals surface area contributed by atoms with Crippen molar-refractivity contribution >= 4 is 18.0 Å². The monoisotopic (exact) mass is 288 g/mol. The Hall–Kier alpha value is -1.37. The van der Waals surface area contributed by atoms with E-state index in [0.29, 0.717) is 0 Å². The lowest BCUT2D eigenvalue weighted by Crippen LogP contribution is -2.20. The first kappa shape index (κ1) is 15.0. The van der Waals surface area contributed by atoms with Crippen molar-refractivity contribution in [3.63, 3.8) is 0 Å². The van der Waals surface area contributed by atoms with Crippen molar-refractivity contribution < 1.29 is 9.09 Å². The molecule has 2 aromatic carbocycles. The van der Waals surface area contributed by atoms with Crippen LogP contribution in [0.15, 0.2) is 48.5 Å². The van der Waals surface area contributed by atoms with Gasteiger partial charge in [0.15, 0.2) is 0 Å². The molecule has 106 valence electrons. The van der Waals surface area contributed by atoms with Crippen molar-refractivity contribution in [2.24, 2.45) is 0 Å². The number of benzene rings is 2. The average Bonchev–Trinajstić information content (AvgIpc) is 2.39. The summed E-state index contributed by atoms with van der Waals surface area (Å²) in [5.41, 5.74) is 2.29. The Kier molecular flexibility index (Phi) is 4.47. The molecule has 2 aromatic rings. The van der Waals surface area contributed by atoms with Crippen LogP contribution in [0.25, 0.3) is 0 Å². The molecule has 0 saturated carbocycles. The maximum atomic E-state index is 13.4. The van der Waals surface area contributed by atoms with E-state index in [4.69, 9.17) is 4.52 Å². The lowest BCUT2D eigenvalue weighted by atomic mass is 10.2. The van der Waals surface area contributed by atoms with E-state index in [0.717, 1.165) is 21.7 Å². The fraction of sp³-hybridized carbons (Fsp3) is 0.294. The molecule has 3 heteroatoms. The third kappa shape index (κ3) is 3.20. The topological polar surface area (TPSA) is 26.3 Å². The summed E-state index contributed by atoms with van der Waals surface area (Å²) >= 11 is 0. The largest absolute Gasteiger partial charge is 0.319 e. The van der Waals surface area contributed by atoms with Gasteiger partial charge >= 0.3 is 0 Å². The molecule has 0 aliphatic heterocycles. The van der Waals surface area contributed by atoms with Gasteiger partial charge in [-0.25, -0.2) is 0 Å². The van der Waals surface area contributed by atoms with E-state index in [-0.39, 0.29) is 6.10 Å². The quantitative estimate of drug-likeness (QED) is 0.796. The van der Waals surface area contributed by atoms with E-state index in [1.165, 1.54) is 0 Å². The highest BCUT2D eigenvalue weighted by molar-refractivity contribution is 7.74. The van der Waals surface area contributed by atoms with E-state index < -0.39 is 7.37 Å². The minimum atomic E-state index is -3.02. The van der Waals surface area contributed by atoms with Crippen LogP contribution in [0.2, 0.25) is 0 Å². The van der Waals surface area contributed by atoms with Crippen LogP contribution >= 0.6 is 7.37 Å². The predicted molar refractivity (Wildman–Crippen MR) is 85.5 cm³/mol. The third-order valence-corrected chi connectivity index (χ3v) is 5.78. The van der Waals surface area contributed by atoms with Gasteiger partial charge in [-0.2, -0.15) is 0 Å². The maximum absolute atomic E-state index is 13.4. The second kappa shape index (κ2) is 5.95. The van der Waals surface area contributed by atoms with Crippen molar-refractivity contribution in [3.8, 4) is 0 Å². The molecule has 0 saturated heterocycles. The van der Waals surface area contributed by atoms with Gasteiger partial charge in [-0.05, 0) is 52.0 Å². The molecule has 0 aliphatic rings. The molecule has 0 amide bonds. The molecule has 20 heavy (non-hydrogen) atoms. The molecule has 0 bridgehead atoms. The number of hydrogen-bond donors (Lipinski definition) is 0. The molecule has 0 heterocycles. The van der Waals surface area contributed by atoms with Gasteiger partial charge in [0.2, 0.25) is 0 Å². The minimum Gasteiger partial charge on any atom is -0.319 e. The Morgan fingerprint density at radius 2 is 1.15 bits per heavy atom. The van der Waals surface area contributed by atoms with Crippen LogP contribution in [0.4, 0.5) is 0 Å². The normalized spacial score (nSPS) is 11.8. The first-order chi connectivity index (χ1) is 9.41. The van der Waals surface area contributed by atoms with Gasteiger partial charge in [0, 0.05) is 10.6 Å². The van der Waals surface area contributed by atoms with E-state index in [1.54, 1.807) is 0 Å². The summed E-state index contributed by atoms with van der Waals surface area (Å²) in [6.45, 7) is 7.86. The molecule has 0 spiro atoms. The summed E-state index contributed by atoms with van der Waals surface area (Å²) in [4.78, 5) is 0. The standard InChI is InChI=1S/C17H21O2P/c1-13(2)19-20(18,16-9-5-14(3)6-10-16)17-11-7-15(4)8-12-17/h5-13H,1-4H3. The minimum absolute atomic E-state index is 0.0940. The molecule has 0 N–H and O–H groups in total. The van der Waals surface area contributed by atoms with Gasteiger partial charge in [-0.3, -0.25) is 4.57 Å². The van der Waals surface area contributed by atoms with Crippen molar-refractivity contribution in [2.45, 2.75) is 33.8 Å². The molecule has 0 aliphatic carbocycles. The fourth-order valence-electron chi connectivity index (χ4n) is 2.05. The zero-order valence-corrected chi connectivity index (χ0v) is 13.4. The highest BCUT2D eigenvalue weighted by Gasteiger charge is 2.29. The van der Waals surface area contributed by atoms with E-state index in [1.807, 2.05) is 76.2 Å². The number of aryl methyl sites for hydroxylation is 2. The van der Waals surface area contributed by atoms with Crippen LogP contribution < -0.4 is 10.6 Å². The maximum Gasteiger partial charge on any atom is 0.261 e. The molecule has 2 nitrogen and oxygen atoms in total. The van der Waals surface area contributed by atoms with Gasteiger partial charge < -0.3 is 4.52 Å². The highest BCUT2D eigenvalue weighted by atomic mass is 31.2. The Labute approximate surface area is 121 Å². The van der Waals surface area contributed by atoms with Gasteiger partial charge in [0.05, 0.1) is 6.10 Å². The molecule has 0 unspecified atom stereocenters. The summed E-state index contributed by atoms with van der Waals surface area (Å²) in [7, 11) is -3.02. The predicted octanol–water partition coefficient (Wildman–Crippen LogP) is 3.96. The van der Waals surface area contributed by atoms with Crippen LogP contribution in [0.5, 0.6) is 0 Å². The summed E-state index contributed by atoms with van der Waals surface area (Å²) in [5.74, 6) is 0. The summed E-state index contributed by atoms with van der Waals surface area (Å²) in [5, 5.41) is 1.50. The van der Waals surface area contributed by atoms with Crippen LogP contribution in [0, 0.1) is 13.8 Å². The fourth-order valence-corrected chi connectivity index (χ4v) is 4.27.